The van der Waals surface area contributed by atoms with E-state index >= 15 is 0 Å². The van der Waals surface area contributed by atoms with E-state index in [4.69, 9.17) is 11.6 Å². The molecular weight excluding hydrogens is 349 g/mol. The molecule has 0 bridgehead atoms. The lowest BCUT2D eigenvalue weighted by Crippen LogP contribution is -2.45. The summed E-state index contributed by atoms with van der Waals surface area (Å²) < 4.78 is 0. The van der Waals surface area contributed by atoms with Crippen LogP contribution in [0.5, 0.6) is 0 Å². The zero-order valence-electron chi connectivity index (χ0n) is 12.0. The Bertz CT molecular complexity index is 520. The van der Waals surface area contributed by atoms with Gasteiger partial charge in [0.1, 0.15) is 0 Å². The van der Waals surface area contributed by atoms with E-state index in [2.05, 4.69) is 10.2 Å². The van der Waals surface area contributed by atoms with Gasteiger partial charge in [-0.1, -0.05) is 11.6 Å². The van der Waals surface area contributed by atoms with Gasteiger partial charge in [-0.25, -0.2) is 0 Å². The predicted octanol–water partition coefficient (Wildman–Crippen LogP) is 3.45. The van der Waals surface area contributed by atoms with Gasteiger partial charge in [0.05, 0.1) is 4.92 Å². The molecule has 0 unspecified atom stereocenters. The summed E-state index contributed by atoms with van der Waals surface area (Å²) in [5, 5.41) is 15.2. The molecule has 1 aliphatic heterocycles. The minimum Gasteiger partial charge on any atom is -0.314 e. The number of hydrogen-bond acceptors (Lipinski definition) is 4. The van der Waals surface area contributed by atoms with Gasteiger partial charge < -0.3 is 5.32 Å². The third kappa shape index (κ3) is 4.24. The molecule has 0 radical (unpaired) electrons. The van der Waals surface area contributed by atoms with Crippen molar-refractivity contribution in [2.45, 2.75) is 18.9 Å². The van der Waals surface area contributed by atoms with E-state index in [1.807, 2.05) is 0 Å². The third-order valence-electron chi connectivity index (χ3n) is 4.12. The van der Waals surface area contributed by atoms with Crippen molar-refractivity contribution in [3.8, 4) is 0 Å². The average molecular weight is 369 g/mol. The van der Waals surface area contributed by atoms with Crippen molar-refractivity contribution in [3.05, 3.63) is 38.9 Å². The summed E-state index contributed by atoms with van der Waals surface area (Å²) in [5.41, 5.74) is 0.983. The average Bonchev–Trinajstić information content (AvgIpc) is 3.25. The standard InChI is InChI=1S/C14H18ClN3O2.2ClH/c15-11-3-4-13(18(19)20)12(9-11)14(10-1-2-10)17-7-5-16-6-8-17;;/h3-4,9-10,14,16H,1-2,5-8H2;2*1H/t14-;;/m1../s1. The van der Waals surface area contributed by atoms with Crippen molar-refractivity contribution in [1.82, 2.24) is 10.2 Å². The predicted molar refractivity (Wildman–Crippen MR) is 92.5 cm³/mol. The SMILES string of the molecule is Cl.Cl.O=[N+]([O-])c1ccc(Cl)cc1[C@@H](C1CC1)N1CCNCC1. The summed E-state index contributed by atoms with van der Waals surface area (Å²) in [6.07, 6.45) is 2.30. The number of nitrogens with zero attached hydrogens (tertiary/aromatic N) is 2. The van der Waals surface area contributed by atoms with Crippen molar-refractivity contribution in [3.63, 3.8) is 0 Å². The molecule has 1 saturated heterocycles. The lowest BCUT2D eigenvalue weighted by atomic mass is 9.98. The maximum atomic E-state index is 11.3. The minimum absolute atomic E-state index is 0. The van der Waals surface area contributed by atoms with E-state index in [1.54, 1.807) is 12.1 Å². The van der Waals surface area contributed by atoms with Gasteiger partial charge in [-0.15, -0.1) is 24.8 Å². The summed E-state index contributed by atoms with van der Waals surface area (Å²) in [7, 11) is 0. The molecule has 0 aromatic heterocycles. The number of hydrogen-bond donors (Lipinski definition) is 1. The van der Waals surface area contributed by atoms with Crippen LogP contribution in [0, 0.1) is 16.0 Å². The highest BCUT2D eigenvalue weighted by molar-refractivity contribution is 6.30. The Morgan fingerprint density at radius 3 is 2.45 bits per heavy atom. The Labute approximate surface area is 147 Å². The normalized spacial score (nSPS) is 19.7. The van der Waals surface area contributed by atoms with E-state index in [-0.39, 0.29) is 41.5 Å². The molecule has 1 aromatic carbocycles. The molecule has 1 aliphatic carbocycles. The van der Waals surface area contributed by atoms with Gasteiger partial charge in [0, 0.05) is 48.9 Å². The molecule has 0 spiro atoms. The monoisotopic (exact) mass is 367 g/mol. The van der Waals surface area contributed by atoms with Crippen LogP contribution in [-0.2, 0) is 0 Å². The molecule has 5 nitrogen and oxygen atoms in total. The number of halogens is 3. The second kappa shape index (κ2) is 8.31. The van der Waals surface area contributed by atoms with Crippen LogP contribution in [-0.4, -0.2) is 36.0 Å². The molecule has 1 heterocycles. The molecule has 1 aromatic rings. The van der Waals surface area contributed by atoms with Crippen LogP contribution in [0.4, 0.5) is 5.69 Å². The first-order valence-corrected chi connectivity index (χ1v) is 7.43. The quantitative estimate of drug-likeness (QED) is 0.653. The molecule has 2 aliphatic rings. The molecule has 8 heteroatoms. The maximum Gasteiger partial charge on any atom is 0.274 e. The zero-order valence-corrected chi connectivity index (χ0v) is 14.4. The number of piperazine rings is 1. The Morgan fingerprint density at radius 1 is 1.27 bits per heavy atom. The van der Waals surface area contributed by atoms with Gasteiger partial charge in [-0.05, 0) is 30.9 Å². The Balaban J connectivity index is 0.00000121. The first-order valence-electron chi connectivity index (χ1n) is 7.05. The smallest absolute Gasteiger partial charge is 0.274 e. The second-order valence-corrected chi connectivity index (χ2v) is 5.96. The molecule has 3 rings (SSSR count). The highest BCUT2D eigenvalue weighted by Crippen LogP contribution is 2.47. The van der Waals surface area contributed by atoms with Crippen LogP contribution in [0.15, 0.2) is 18.2 Å². The van der Waals surface area contributed by atoms with E-state index in [9.17, 15) is 10.1 Å². The van der Waals surface area contributed by atoms with Crippen LogP contribution < -0.4 is 5.32 Å². The maximum absolute atomic E-state index is 11.3. The largest absolute Gasteiger partial charge is 0.314 e. The van der Waals surface area contributed by atoms with Gasteiger partial charge in [-0.2, -0.15) is 0 Å². The molecular formula is C14H20Cl3N3O2. The number of nitro groups is 1. The van der Waals surface area contributed by atoms with Crippen molar-refractivity contribution < 1.29 is 4.92 Å². The molecule has 1 N–H and O–H groups in total. The lowest BCUT2D eigenvalue weighted by Gasteiger charge is -2.35. The van der Waals surface area contributed by atoms with Gasteiger partial charge in [-0.3, -0.25) is 15.0 Å². The number of benzene rings is 1. The van der Waals surface area contributed by atoms with E-state index in [1.165, 1.54) is 6.07 Å². The van der Waals surface area contributed by atoms with Crippen molar-refractivity contribution >= 4 is 42.1 Å². The fourth-order valence-corrected chi connectivity index (χ4v) is 3.23. The Kier molecular flexibility index (Phi) is 7.35. The summed E-state index contributed by atoms with van der Waals surface area (Å²) in [6.45, 7) is 3.75. The zero-order chi connectivity index (χ0) is 14.1. The molecule has 124 valence electrons. The highest BCUT2D eigenvalue weighted by atomic mass is 35.5. The van der Waals surface area contributed by atoms with Crippen molar-refractivity contribution in [2.24, 2.45) is 5.92 Å². The van der Waals surface area contributed by atoms with Crippen LogP contribution in [0.25, 0.3) is 0 Å². The summed E-state index contributed by atoms with van der Waals surface area (Å²) in [6, 6.07) is 5.06. The number of rotatable bonds is 4. The van der Waals surface area contributed by atoms with Crippen LogP contribution in [0.2, 0.25) is 5.02 Å². The third-order valence-corrected chi connectivity index (χ3v) is 4.35. The van der Waals surface area contributed by atoms with Gasteiger partial charge >= 0.3 is 0 Å². The van der Waals surface area contributed by atoms with Crippen LogP contribution in [0.3, 0.4) is 0 Å². The Hall–Kier alpha value is -0.590. The number of nitrogens with one attached hydrogen (secondary N) is 1. The van der Waals surface area contributed by atoms with Crippen LogP contribution in [0.1, 0.15) is 24.4 Å². The molecule has 0 amide bonds. The van der Waals surface area contributed by atoms with Gasteiger partial charge in [0.2, 0.25) is 0 Å². The lowest BCUT2D eigenvalue weighted by molar-refractivity contribution is -0.386. The van der Waals surface area contributed by atoms with E-state index in [0.717, 1.165) is 44.6 Å². The summed E-state index contributed by atoms with van der Waals surface area (Å²) in [5.74, 6) is 0.533. The van der Waals surface area contributed by atoms with Crippen LogP contribution >= 0.6 is 36.4 Å². The fourth-order valence-electron chi connectivity index (χ4n) is 3.05. The topological polar surface area (TPSA) is 58.4 Å². The first-order chi connectivity index (χ1) is 9.66. The van der Waals surface area contributed by atoms with E-state index < -0.39 is 0 Å². The fraction of sp³-hybridized carbons (Fsp3) is 0.571. The van der Waals surface area contributed by atoms with Crippen molar-refractivity contribution in [1.29, 1.82) is 0 Å². The highest BCUT2D eigenvalue weighted by Gasteiger charge is 2.39. The van der Waals surface area contributed by atoms with Gasteiger partial charge in [0.15, 0.2) is 0 Å². The first kappa shape index (κ1) is 19.5. The number of nitro benzene ring substituents is 1. The summed E-state index contributed by atoms with van der Waals surface area (Å²) in [4.78, 5) is 13.4. The molecule has 1 atom stereocenters. The molecule has 22 heavy (non-hydrogen) atoms. The van der Waals surface area contributed by atoms with Gasteiger partial charge in [0.25, 0.3) is 5.69 Å². The van der Waals surface area contributed by atoms with E-state index in [0.29, 0.717) is 10.9 Å². The molecule has 2 fully saturated rings. The summed E-state index contributed by atoms with van der Waals surface area (Å²) >= 11 is 6.08. The second-order valence-electron chi connectivity index (χ2n) is 5.53. The molecule has 1 saturated carbocycles. The van der Waals surface area contributed by atoms with Crippen molar-refractivity contribution in [2.75, 3.05) is 26.2 Å². The Morgan fingerprint density at radius 2 is 1.91 bits per heavy atom. The minimum atomic E-state index is -0.288.